The zero-order chi connectivity index (χ0) is 16.1. The largest absolute Gasteiger partial charge is 0.444 e. The van der Waals surface area contributed by atoms with Crippen molar-refractivity contribution in [3.63, 3.8) is 0 Å². The lowest BCUT2D eigenvalue weighted by molar-refractivity contribution is -0.120. The molecule has 5 nitrogen and oxygen atoms in total. The number of fused-ring (bicyclic) bond motifs is 2. The van der Waals surface area contributed by atoms with Gasteiger partial charge in [-0.25, -0.2) is 4.79 Å². The zero-order valence-electron chi connectivity index (χ0n) is 12.9. The minimum absolute atomic E-state index is 0.0733. The van der Waals surface area contributed by atoms with Gasteiger partial charge in [-0.2, -0.15) is 0 Å². The van der Waals surface area contributed by atoms with Gasteiger partial charge in [0, 0.05) is 23.8 Å². The van der Waals surface area contributed by atoms with Crippen LogP contribution in [0.2, 0.25) is 5.02 Å². The maximum Gasteiger partial charge on any atom is 0.410 e. The van der Waals surface area contributed by atoms with Gasteiger partial charge in [0.1, 0.15) is 5.60 Å². The van der Waals surface area contributed by atoms with E-state index in [0.29, 0.717) is 24.5 Å². The molecule has 1 atom stereocenters. The fraction of sp³-hybridized carbons (Fsp3) is 0.500. The molecule has 118 valence electrons. The highest BCUT2D eigenvalue weighted by Crippen LogP contribution is 2.45. The second-order valence-electron chi connectivity index (χ2n) is 6.88. The Morgan fingerprint density at radius 2 is 2.14 bits per heavy atom. The van der Waals surface area contributed by atoms with Crippen LogP contribution in [-0.4, -0.2) is 35.6 Å². The van der Waals surface area contributed by atoms with Gasteiger partial charge in [0.05, 0.1) is 5.41 Å². The van der Waals surface area contributed by atoms with Crippen LogP contribution in [0.25, 0.3) is 0 Å². The van der Waals surface area contributed by atoms with E-state index < -0.39 is 11.0 Å². The average molecular weight is 323 g/mol. The summed E-state index contributed by atoms with van der Waals surface area (Å²) in [5.74, 6) is -0.0733. The summed E-state index contributed by atoms with van der Waals surface area (Å²) in [6, 6.07) is 5.37. The number of halogens is 1. The number of nitrogens with one attached hydrogen (secondary N) is 1. The molecule has 1 N–H and O–H groups in total. The van der Waals surface area contributed by atoms with Crippen molar-refractivity contribution >= 4 is 29.3 Å². The second kappa shape index (κ2) is 4.88. The molecule has 1 spiro atoms. The minimum Gasteiger partial charge on any atom is -0.444 e. The van der Waals surface area contributed by atoms with Crippen LogP contribution < -0.4 is 5.32 Å². The lowest BCUT2D eigenvalue weighted by Crippen LogP contribution is -2.41. The van der Waals surface area contributed by atoms with Gasteiger partial charge in [0.2, 0.25) is 5.91 Å². The quantitative estimate of drug-likeness (QED) is 0.798. The van der Waals surface area contributed by atoms with Crippen molar-refractivity contribution in [2.75, 3.05) is 18.4 Å². The van der Waals surface area contributed by atoms with Gasteiger partial charge >= 0.3 is 6.09 Å². The first-order chi connectivity index (χ1) is 10.2. The van der Waals surface area contributed by atoms with Crippen molar-refractivity contribution < 1.29 is 14.3 Å². The van der Waals surface area contributed by atoms with E-state index in [2.05, 4.69) is 5.32 Å². The molecule has 0 aliphatic carbocycles. The summed E-state index contributed by atoms with van der Waals surface area (Å²) in [7, 11) is 0. The molecule has 2 aliphatic rings. The molecule has 1 fully saturated rings. The molecular formula is C16H19ClN2O3. The summed E-state index contributed by atoms with van der Waals surface area (Å²) in [6.45, 7) is 6.30. The van der Waals surface area contributed by atoms with E-state index in [1.54, 1.807) is 17.0 Å². The van der Waals surface area contributed by atoms with E-state index in [9.17, 15) is 9.59 Å². The van der Waals surface area contributed by atoms with Gasteiger partial charge in [-0.05, 0) is 51.0 Å². The molecule has 2 amide bonds. The second-order valence-corrected chi connectivity index (χ2v) is 7.31. The number of nitrogens with zero attached hydrogens (tertiary/aromatic N) is 1. The number of anilines is 1. The van der Waals surface area contributed by atoms with Gasteiger partial charge in [-0.1, -0.05) is 11.6 Å². The standard InChI is InChI=1S/C16H19ClN2O3/c1-15(2,3)22-14(21)19-7-6-16(9-19)11-8-10(17)4-5-12(11)18-13(16)20/h4-5,8H,6-7,9H2,1-3H3,(H,18,20). The highest BCUT2D eigenvalue weighted by atomic mass is 35.5. The molecule has 1 aromatic rings. The normalized spacial score (nSPS) is 23.6. The lowest BCUT2D eigenvalue weighted by atomic mass is 9.81. The maximum absolute atomic E-state index is 12.5. The van der Waals surface area contributed by atoms with Crippen LogP contribution in [0.15, 0.2) is 18.2 Å². The van der Waals surface area contributed by atoms with E-state index in [1.165, 1.54) is 0 Å². The summed E-state index contributed by atoms with van der Waals surface area (Å²) in [5.41, 5.74) is 0.389. The molecule has 6 heteroatoms. The topological polar surface area (TPSA) is 58.6 Å². The monoisotopic (exact) mass is 322 g/mol. The molecule has 1 aromatic carbocycles. The molecule has 0 bridgehead atoms. The molecule has 0 radical (unpaired) electrons. The van der Waals surface area contributed by atoms with Crippen LogP contribution in [0, 0.1) is 0 Å². The first-order valence-electron chi connectivity index (χ1n) is 7.31. The molecule has 0 aromatic heterocycles. The number of hydrogen-bond acceptors (Lipinski definition) is 3. The van der Waals surface area contributed by atoms with Crippen molar-refractivity contribution in [1.82, 2.24) is 4.90 Å². The zero-order valence-corrected chi connectivity index (χ0v) is 13.7. The van der Waals surface area contributed by atoms with Crippen molar-refractivity contribution in [3.05, 3.63) is 28.8 Å². The number of likely N-dealkylation sites (tertiary alicyclic amines) is 1. The van der Waals surface area contributed by atoms with E-state index in [4.69, 9.17) is 16.3 Å². The maximum atomic E-state index is 12.5. The van der Waals surface area contributed by atoms with E-state index in [0.717, 1.165) is 11.3 Å². The van der Waals surface area contributed by atoms with Crippen LogP contribution in [0.5, 0.6) is 0 Å². The number of carbonyl (C=O) groups excluding carboxylic acids is 2. The molecule has 3 rings (SSSR count). The Bertz CT molecular complexity index is 653. The predicted molar refractivity (Wildman–Crippen MR) is 84.2 cm³/mol. The summed E-state index contributed by atoms with van der Waals surface area (Å²) in [6.07, 6.45) is 0.193. The van der Waals surface area contributed by atoms with Crippen LogP contribution in [0.1, 0.15) is 32.8 Å². The Morgan fingerprint density at radius 3 is 2.82 bits per heavy atom. The summed E-state index contributed by atoms with van der Waals surface area (Å²) in [5, 5.41) is 3.48. The highest BCUT2D eigenvalue weighted by Gasteiger charge is 2.52. The summed E-state index contributed by atoms with van der Waals surface area (Å²) >= 11 is 6.07. The average Bonchev–Trinajstić information content (AvgIpc) is 2.94. The molecule has 1 saturated heterocycles. The van der Waals surface area contributed by atoms with Gasteiger partial charge in [-0.15, -0.1) is 0 Å². The molecule has 2 heterocycles. The number of benzene rings is 1. The first kappa shape index (κ1) is 15.2. The highest BCUT2D eigenvalue weighted by molar-refractivity contribution is 6.31. The first-order valence-corrected chi connectivity index (χ1v) is 7.68. The number of carbonyl (C=O) groups is 2. The third-order valence-corrected chi connectivity index (χ3v) is 4.34. The van der Waals surface area contributed by atoms with Crippen LogP contribution in [-0.2, 0) is 14.9 Å². The van der Waals surface area contributed by atoms with Crippen LogP contribution in [0.3, 0.4) is 0 Å². The molecule has 22 heavy (non-hydrogen) atoms. The van der Waals surface area contributed by atoms with Crippen LogP contribution in [0.4, 0.5) is 10.5 Å². The van der Waals surface area contributed by atoms with Crippen molar-refractivity contribution in [2.24, 2.45) is 0 Å². The van der Waals surface area contributed by atoms with E-state index in [-0.39, 0.29) is 12.0 Å². The Balaban J connectivity index is 1.87. The van der Waals surface area contributed by atoms with Gasteiger partial charge in [-0.3, -0.25) is 4.79 Å². The Labute approximate surface area is 134 Å². The smallest absolute Gasteiger partial charge is 0.410 e. The SMILES string of the molecule is CC(C)(C)OC(=O)N1CCC2(C1)C(=O)Nc1ccc(Cl)cc12. The third-order valence-electron chi connectivity index (χ3n) is 4.10. The Kier molecular flexibility index (Phi) is 3.36. The van der Waals surface area contributed by atoms with E-state index in [1.807, 2.05) is 26.8 Å². The number of hydrogen-bond donors (Lipinski definition) is 1. The Hall–Kier alpha value is -1.75. The summed E-state index contributed by atoms with van der Waals surface area (Å²) in [4.78, 5) is 26.3. The summed E-state index contributed by atoms with van der Waals surface area (Å²) < 4.78 is 5.40. The van der Waals surface area contributed by atoms with Crippen molar-refractivity contribution in [1.29, 1.82) is 0 Å². The van der Waals surface area contributed by atoms with E-state index >= 15 is 0 Å². The molecular weight excluding hydrogens is 304 g/mol. The Morgan fingerprint density at radius 1 is 1.41 bits per heavy atom. The van der Waals surface area contributed by atoms with Gasteiger partial charge in [0.15, 0.2) is 0 Å². The van der Waals surface area contributed by atoms with Crippen molar-refractivity contribution in [3.8, 4) is 0 Å². The fourth-order valence-corrected chi connectivity index (χ4v) is 3.26. The minimum atomic E-state index is -0.711. The molecule has 1 unspecified atom stereocenters. The molecule has 0 saturated carbocycles. The lowest BCUT2D eigenvalue weighted by Gasteiger charge is -2.26. The number of ether oxygens (including phenoxy) is 1. The van der Waals surface area contributed by atoms with Crippen LogP contribution >= 0.6 is 11.6 Å². The number of rotatable bonds is 0. The van der Waals surface area contributed by atoms with Gasteiger partial charge in [0.25, 0.3) is 0 Å². The predicted octanol–water partition coefficient (Wildman–Crippen LogP) is 3.17. The van der Waals surface area contributed by atoms with Gasteiger partial charge < -0.3 is 15.0 Å². The number of amides is 2. The molecule has 2 aliphatic heterocycles. The van der Waals surface area contributed by atoms with Crippen molar-refractivity contribution in [2.45, 2.75) is 38.2 Å². The fourth-order valence-electron chi connectivity index (χ4n) is 3.08. The third kappa shape index (κ3) is 2.43.